The lowest BCUT2D eigenvalue weighted by molar-refractivity contribution is -0.143. The van der Waals surface area contributed by atoms with Gasteiger partial charge in [-0.2, -0.15) is 0 Å². The molecular formula is C8H17NO4. The molecule has 0 radical (unpaired) electrons. The highest BCUT2D eigenvalue weighted by molar-refractivity contribution is 5.77. The second-order valence-corrected chi connectivity index (χ2v) is 3.19. The number of carboxylic acids is 1. The number of aliphatic carboxylic acids is 1. The minimum atomic E-state index is -0.928. The summed E-state index contributed by atoms with van der Waals surface area (Å²) in [5.74, 6) is -0.894. The van der Waals surface area contributed by atoms with Gasteiger partial charge in [-0.15, -0.1) is 0 Å². The summed E-state index contributed by atoms with van der Waals surface area (Å²) in [6, 6.07) is 0. The van der Waals surface area contributed by atoms with Crippen LogP contribution < -0.4 is 5.32 Å². The fourth-order valence-electron chi connectivity index (χ4n) is 0.678. The van der Waals surface area contributed by atoms with Crippen molar-refractivity contribution in [1.82, 2.24) is 5.32 Å². The maximum Gasteiger partial charge on any atom is 0.323 e. The number of ether oxygens (including phenoxy) is 1. The summed E-state index contributed by atoms with van der Waals surface area (Å²) in [7, 11) is 0. The number of carboxylic acid groups (broad SMARTS) is 1. The fraction of sp³-hybridized carbons (Fsp3) is 0.875. The van der Waals surface area contributed by atoms with E-state index in [0.29, 0.717) is 13.2 Å². The van der Waals surface area contributed by atoms with Gasteiger partial charge in [0.15, 0.2) is 0 Å². The van der Waals surface area contributed by atoms with Gasteiger partial charge in [-0.3, -0.25) is 4.79 Å². The summed E-state index contributed by atoms with van der Waals surface area (Å²) in [5, 5.41) is 19.9. The molecule has 5 nitrogen and oxygen atoms in total. The van der Waals surface area contributed by atoms with E-state index < -0.39 is 11.5 Å². The van der Waals surface area contributed by atoms with E-state index in [4.69, 9.17) is 14.9 Å². The van der Waals surface area contributed by atoms with Gasteiger partial charge in [0.05, 0.1) is 19.8 Å². The third-order valence-corrected chi connectivity index (χ3v) is 1.58. The van der Waals surface area contributed by atoms with E-state index in [1.165, 1.54) is 0 Å². The zero-order valence-corrected chi connectivity index (χ0v) is 8.04. The minimum Gasteiger partial charge on any atom is -0.480 e. The van der Waals surface area contributed by atoms with E-state index in [2.05, 4.69) is 5.32 Å². The molecule has 78 valence electrons. The normalized spacial score (nSPS) is 11.6. The van der Waals surface area contributed by atoms with E-state index in [0.717, 1.165) is 0 Å². The van der Waals surface area contributed by atoms with Gasteiger partial charge in [-0.25, -0.2) is 0 Å². The SMILES string of the molecule is CC(C)(NCCOCCO)C(=O)O. The van der Waals surface area contributed by atoms with Crippen molar-refractivity contribution in [2.45, 2.75) is 19.4 Å². The molecule has 0 amide bonds. The molecular weight excluding hydrogens is 174 g/mol. The molecule has 0 saturated heterocycles. The summed E-state index contributed by atoms with van der Waals surface area (Å²) in [6.45, 7) is 4.30. The zero-order valence-electron chi connectivity index (χ0n) is 8.04. The largest absolute Gasteiger partial charge is 0.480 e. The summed E-state index contributed by atoms with van der Waals surface area (Å²) in [6.07, 6.45) is 0. The van der Waals surface area contributed by atoms with Crippen molar-refractivity contribution in [3.8, 4) is 0 Å². The van der Waals surface area contributed by atoms with E-state index in [1.807, 2.05) is 0 Å². The van der Waals surface area contributed by atoms with Crippen LogP contribution in [0.25, 0.3) is 0 Å². The number of aliphatic hydroxyl groups excluding tert-OH is 1. The van der Waals surface area contributed by atoms with E-state index in [-0.39, 0.29) is 13.2 Å². The van der Waals surface area contributed by atoms with Gasteiger partial charge < -0.3 is 20.3 Å². The van der Waals surface area contributed by atoms with Crippen LogP contribution in [0.4, 0.5) is 0 Å². The molecule has 13 heavy (non-hydrogen) atoms. The molecule has 0 spiro atoms. The van der Waals surface area contributed by atoms with E-state index >= 15 is 0 Å². The fourth-order valence-corrected chi connectivity index (χ4v) is 0.678. The van der Waals surface area contributed by atoms with Gasteiger partial charge in [0.2, 0.25) is 0 Å². The second-order valence-electron chi connectivity index (χ2n) is 3.19. The topological polar surface area (TPSA) is 78.8 Å². The Morgan fingerprint density at radius 3 is 2.54 bits per heavy atom. The molecule has 0 aromatic rings. The molecule has 0 saturated carbocycles. The van der Waals surface area contributed by atoms with Crippen LogP contribution in [-0.4, -0.2) is 48.1 Å². The first-order valence-electron chi connectivity index (χ1n) is 4.17. The van der Waals surface area contributed by atoms with Crippen LogP contribution in [0.1, 0.15) is 13.8 Å². The number of carbonyl (C=O) groups is 1. The predicted octanol–water partition coefficient (Wildman–Crippen LogP) is -0.552. The molecule has 0 aliphatic rings. The summed E-state index contributed by atoms with van der Waals surface area (Å²) in [5.41, 5.74) is -0.928. The lowest BCUT2D eigenvalue weighted by atomic mass is 10.1. The molecule has 0 aromatic heterocycles. The average Bonchev–Trinajstić information content (AvgIpc) is 2.03. The highest BCUT2D eigenvalue weighted by atomic mass is 16.5. The molecule has 0 rings (SSSR count). The zero-order chi connectivity index (χ0) is 10.3. The number of rotatable bonds is 7. The number of hydrogen-bond acceptors (Lipinski definition) is 4. The average molecular weight is 191 g/mol. The Kier molecular flexibility index (Phi) is 5.61. The minimum absolute atomic E-state index is 0.0116. The third kappa shape index (κ3) is 5.57. The Bertz CT molecular complexity index is 158. The van der Waals surface area contributed by atoms with Crippen molar-refractivity contribution in [3.63, 3.8) is 0 Å². The van der Waals surface area contributed by atoms with Crippen molar-refractivity contribution >= 4 is 5.97 Å². The molecule has 0 heterocycles. The predicted molar refractivity (Wildman–Crippen MR) is 47.6 cm³/mol. The molecule has 0 bridgehead atoms. The van der Waals surface area contributed by atoms with Crippen molar-refractivity contribution in [3.05, 3.63) is 0 Å². The highest BCUT2D eigenvalue weighted by Crippen LogP contribution is 2.00. The maximum absolute atomic E-state index is 10.6. The van der Waals surface area contributed by atoms with Gasteiger partial charge in [0.1, 0.15) is 5.54 Å². The van der Waals surface area contributed by atoms with Crippen LogP contribution in [0, 0.1) is 0 Å². The number of hydrogen-bond donors (Lipinski definition) is 3. The van der Waals surface area contributed by atoms with Gasteiger partial charge in [-0.1, -0.05) is 0 Å². The van der Waals surface area contributed by atoms with Crippen molar-refractivity contribution in [2.24, 2.45) is 0 Å². The maximum atomic E-state index is 10.6. The van der Waals surface area contributed by atoms with Gasteiger partial charge in [0, 0.05) is 6.54 Å². The van der Waals surface area contributed by atoms with Crippen molar-refractivity contribution < 1.29 is 19.7 Å². The summed E-state index contributed by atoms with van der Waals surface area (Å²) < 4.78 is 4.95. The standard InChI is InChI=1S/C8H17NO4/c1-8(2,7(11)12)9-3-5-13-6-4-10/h9-10H,3-6H2,1-2H3,(H,11,12). The molecule has 0 atom stereocenters. The van der Waals surface area contributed by atoms with Gasteiger partial charge in [-0.05, 0) is 13.8 Å². The first-order valence-corrected chi connectivity index (χ1v) is 4.17. The Morgan fingerprint density at radius 2 is 2.08 bits per heavy atom. The van der Waals surface area contributed by atoms with E-state index in [9.17, 15) is 4.79 Å². The Morgan fingerprint density at radius 1 is 1.46 bits per heavy atom. The lowest BCUT2D eigenvalue weighted by Crippen LogP contribution is -2.47. The van der Waals surface area contributed by atoms with Crippen LogP contribution in [0.15, 0.2) is 0 Å². The molecule has 0 aliphatic carbocycles. The molecule has 0 fully saturated rings. The van der Waals surface area contributed by atoms with Gasteiger partial charge >= 0.3 is 5.97 Å². The van der Waals surface area contributed by atoms with Crippen LogP contribution in [0.3, 0.4) is 0 Å². The van der Waals surface area contributed by atoms with Crippen LogP contribution >= 0.6 is 0 Å². The van der Waals surface area contributed by atoms with Crippen LogP contribution in [-0.2, 0) is 9.53 Å². The molecule has 0 unspecified atom stereocenters. The summed E-state index contributed by atoms with van der Waals surface area (Å²) in [4.78, 5) is 10.6. The first kappa shape index (κ1) is 12.3. The molecule has 0 aliphatic heterocycles. The molecule has 0 aromatic carbocycles. The van der Waals surface area contributed by atoms with E-state index in [1.54, 1.807) is 13.8 Å². The lowest BCUT2D eigenvalue weighted by Gasteiger charge is -2.20. The monoisotopic (exact) mass is 191 g/mol. The highest BCUT2D eigenvalue weighted by Gasteiger charge is 2.25. The smallest absolute Gasteiger partial charge is 0.323 e. The second kappa shape index (κ2) is 5.90. The quantitative estimate of drug-likeness (QED) is 0.470. The first-order chi connectivity index (χ1) is 6.00. The Labute approximate surface area is 77.7 Å². The van der Waals surface area contributed by atoms with Crippen molar-refractivity contribution in [1.29, 1.82) is 0 Å². The van der Waals surface area contributed by atoms with Crippen LogP contribution in [0.2, 0.25) is 0 Å². The summed E-state index contributed by atoms with van der Waals surface area (Å²) >= 11 is 0. The Balaban J connectivity index is 3.46. The molecule has 5 heteroatoms. The number of nitrogens with one attached hydrogen (secondary N) is 1. The van der Waals surface area contributed by atoms with Gasteiger partial charge in [0.25, 0.3) is 0 Å². The van der Waals surface area contributed by atoms with Crippen molar-refractivity contribution in [2.75, 3.05) is 26.4 Å². The number of aliphatic hydroxyl groups is 1. The Hall–Kier alpha value is -0.650. The van der Waals surface area contributed by atoms with Crippen LogP contribution in [0.5, 0.6) is 0 Å². The molecule has 3 N–H and O–H groups in total. The third-order valence-electron chi connectivity index (χ3n) is 1.58.